The van der Waals surface area contributed by atoms with Crippen molar-refractivity contribution in [2.45, 2.75) is 18.3 Å². The van der Waals surface area contributed by atoms with Crippen LogP contribution in [0.1, 0.15) is 12.0 Å². The summed E-state index contributed by atoms with van der Waals surface area (Å²) in [4.78, 5) is 11.4. The number of nitrogens with one attached hydrogen (secondary N) is 1. The summed E-state index contributed by atoms with van der Waals surface area (Å²) in [6.07, 6.45) is -5.33. The van der Waals surface area contributed by atoms with Crippen LogP contribution in [0.3, 0.4) is 0 Å². The molecule has 0 spiro atoms. The summed E-state index contributed by atoms with van der Waals surface area (Å²) in [6.45, 7) is 3.47. The Hall–Kier alpha value is -1.54. The number of carbonyl (C=O) groups is 1. The number of nitrogens with zero attached hydrogens (tertiary/aromatic N) is 1. The summed E-state index contributed by atoms with van der Waals surface area (Å²) >= 11 is 3.17. The minimum absolute atomic E-state index is 0.116. The first-order chi connectivity index (χ1) is 9.14. The molecule has 1 saturated heterocycles. The molecule has 1 aromatic rings. The Labute approximate surface area is 121 Å². The van der Waals surface area contributed by atoms with E-state index in [0.29, 0.717) is 4.47 Å². The van der Waals surface area contributed by atoms with Crippen LogP contribution in [-0.2, 0) is 10.5 Å². The van der Waals surface area contributed by atoms with Gasteiger partial charge in [0.1, 0.15) is 0 Å². The van der Waals surface area contributed by atoms with E-state index in [9.17, 15) is 23.1 Å². The van der Waals surface area contributed by atoms with Crippen LogP contribution in [-0.4, -0.2) is 22.2 Å². The van der Waals surface area contributed by atoms with E-state index in [4.69, 9.17) is 0 Å². The average molecular weight is 351 g/mol. The number of hydrazine groups is 1. The number of carbonyl (C=O) groups excluding carboxylic acids is 1. The lowest BCUT2D eigenvalue weighted by molar-refractivity contribution is -0.209. The van der Waals surface area contributed by atoms with Gasteiger partial charge in [-0.1, -0.05) is 34.6 Å². The van der Waals surface area contributed by atoms with E-state index in [1.165, 1.54) is 12.1 Å². The molecule has 0 radical (unpaired) electrons. The van der Waals surface area contributed by atoms with Crippen molar-refractivity contribution in [3.05, 3.63) is 46.6 Å². The van der Waals surface area contributed by atoms with Gasteiger partial charge in [-0.2, -0.15) is 13.2 Å². The molecule has 1 heterocycles. The minimum Gasteiger partial charge on any atom is -0.365 e. The third kappa shape index (κ3) is 2.53. The maximum absolute atomic E-state index is 12.6. The van der Waals surface area contributed by atoms with Crippen LogP contribution in [0.2, 0.25) is 0 Å². The quantitative estimate of drug-likeness (QED) is 0.817. The van der Waals surface area contributed by atoms with Crippen LogP contribution in [0.15, 0.2) is 41.0 Å². The lowest BCUT2D eigenvalue weighted by Gasteiger charge is -2.32. The standard InChI is InChI=1S/C12H10BrF3N2O2/c1-7-6-11(20,8-3-2-4-9(13)5-8)18(17-7)10(19)12(14,15)16/h2-5,17,20H,1,6H2. The third-order valence-electron chi connectivity index (χ3n) is 2.83. The normalized spacial score (nSPS) is 22.9. The van der Waals surface area contributed by atoms with Crippen molar-refractivity contribution in [2.75, 3.05) is 0 Å². The van der Waals surface area contributed by atoms with Gasteiger partial charge in [-0.25, -0.2) is 5.01 Å². The van der Waals surface area contributed by atoms with Crippen molar-refractivity contribution >= 4 is 21.8 Å². The molecule has 2 N–H and O–H groups in total. The van der Waals surface area contributed by atoms with E-state index < -0.39 is 17.8 Å². The molecular formula is C12H10BrF3N2O2. The zero-order valence-electron chi connectivity index (χ0n) is 10.0. The minimum atomic E-state index is -5.10. The van der Waals surface area contributed by atoms with Crippen LogP contribution < -0.4 is 5.43 Å². The molecule has 8 heteroatoms. The highest BCUT2D eigenvalue weighted by Gasteiger charge is 2.54. The van der Waals surface area contributed by atoms with Gasteiger partial charge in [-0.05, 0) is 12.1 Å². The number of halogens is 4. The first-order valence-electron chi connectivity index (χ1n) is 5.49. The molecule has 4 nitrogen and oxygen atoms in total. The van der Waals surface area contributed by atoms with Crippen molar-refractivity contribution in [1.29, 1.82) is 0 Å². The Balaban J connectivity index is 2.46. The Morgan fingerprint density at radius 1 is 1.50 bits per heavy atom. The fourth-order valence-electron chi connectivity index (χ4n) is 1.98. The summed E-state index contributed by atoms with van der Waals surface area (Å²) < 4.78 is 38.3. The second kappa shape index (κ2) is 4.78. The smallest absolute Gasteiger partial charge is 0.365 e. The number of aliphatic hydroxyl groups is 1. The fourth-order valence-corrected chi connectivity index (χ4v) is 2.38. The highest BCUT2D eigenvalue weighted by Crippen LogP contribution is 2.38. The number of benzene rings is 1. The molecule has 1 unspecified atom stereocenters. The first-order valence-corrected chi connectivity index (χ1v) is 6.28. The zero-order valence-corrected chi connectivity index (χ0v) is 11.6. The molecule has 1 atom stereocenters. The van der Waals surface area contributed by atoms with E-state index in [1.54, 1.807) is 12.1 Å². The molecule has 2 rings (SSSR count). The molecule has 0 saturated carbocycles. The Morgan fingerprint density at radius 2 is 2.15 bits per heavy atom. The molecule has 1 amide bonds. The highest BCUT2D eigenvalue weighted by atomic mass is 79.9. The second-order valence-electron chi connectivity index (χ2n) is 4.36. The van der Waals surface area contributed by atoms with Gasteiger partial charge in [-0.15, -0.1) is 0 Å². The number of alkyl halides is 3. The van der Waals surface area contributed by atoms with Crippen LogP contribution in [0.25, 0.3) is 0 Å². The molecular weight excluding hydrogens is 341 g/mol. The third-order valence-corrected chi connectivity index (χ3v) is 3.33. The molecule has 1 aliphatic rings. The van der Waals surface area contributed by atoms with Crippen molar-refractivity contribution < 1.29 is 23.1 Å². The summed E-state index contributed by atoms with van der Waals surface area (Å²) in [7, 11) is 0. The number of rotatable bonds is 1. The molecule has 0 aliphatic carbocycles. The molecule has 108 valence electrons. The number of hydrogen-bond acceptors (Lipinski definition) is 3. The van der Waals surface area contributed by atoms with E-state index >= 15 is 0 Å². The lowest BCUT2D eigenvalue weighted by Crippen LogP contribution is -2.54. The van der Waals surface area contributed by atoms with E-state index in [1.807, 2.05) is 0 Å². The monoisotopic (exact) mass is 350 g/mol. The summed E-state index contributed by atoms with van der Waals surface area (Å²) in [5.74, 6) is -2.18. The molecule has 0 aromatic heterocycles. The summed E-state index contributed by atoms with van der Waals surface area (Å²) in [5.41, 5.74) is 0.306. The van der Waals surface area contributed by atoms with E-state index in [2.05, 4.69) is 27.9 Å². The topological polar surface area (TPSA) is 52.6 Å². The maximum atomic E-state index is 12.6. The summed E-state index contributed by atoms with van der Waals surface area (Å²) in [6, 6.07) is 6.08. The summed E-state index contributed by atoms with van der Waals surface area (Å²) in [5, 5.41) is 10.7. The Bertz CT molecular complexity index is 576. The molecule has 20 heavy (non-hydrogen) atoms. The van der Waals surface area contributed by atoms with Crippen molar-refractivity contribution in [3.63, 3.8) is 0 Å². The highest BCUT2D eigenvalue weighted by molar-refractivity contribution is 9.10. The van der Waals surface area contributed by atoms with Crippen molar-refractivity contribution in [2.24, 2.45) is 0 Å². The van der Waals surface area contributed by atoms with E-state index in [-0.39, 0.29) is 22.7 Å². The fraction of sp³-hybridized carbons (Fsp3) is 0.250. The average Bonchev–Trinajstić information content (AvgIpc) is 2.64. The second-order valence-corrected chi connectivity index (χ2v) is 5.27. The van der Waals surface area contributed by atoms with Crippen LogP contribution in [0.4, 0.5) is 13.2 Å². The van der Waals surface area contributed by atoms with Gasteiger partial charge < -0.3 is 5.11 Å². The van der Waals surface area contributed by atoms with Gasteiger partial charge in [0.05, 0.1) is 0 Å². The van der Waals surface area contributed by atoms with Crippen molar-refractivity contribution in [3.8, 4) is 0 Å². The Morgan fingerprint density at radius 3 is 2.70 bits per heavy atom. The predicted molar refractivity (Wildman–Crippen MR) is 67.8 cm³/mol. The lowest BCUT2D eigenvalue weighted by atomic mass is 9.99. The number of amides is 1. The maximum Gasteiger partial charge on any atom is 0.473 e. The van der Waals surface area contributed by atoms with Gasteiger partial charge >= 0.3 is 12.1 Å². The SMILES string of the molecule is C=C1CC(O)(c2cccc(Br)c2)N(C(=O)C(F)(F)F)N1. The molecule has 1 fully saturated rings. The van der Waals surface area contributed by atoms with Crippen LogP contribution in [0.5, 0.6) is 0 Å². The van der Waals surface area contributed by atoms with Crippen LogP contribution >= 0.6 is 15.9 Å². The van der Waals surface area contributed by atoms with Gasteiger partial charge in [0.2, 0.25) is 0 Å². The van der Waals surface area contributed by atoms with Gasteiger partial charge in [0.25, 0.3) is 0 Å². The van der Waals surface area contributed by atoms with Crippen molar-refractivity contribution in [1.82, 2.24) is 10.4 Å². The first kappa shape index (κ1) is 14.9. The predicted octanol–water partition coefficient (Wildman–Crippen LogP) is 2.41. The Kier molecular flexibility index (Phi) is 3.55. The largest absolute Gasteiger partial charge is 0.473 e. The van der Waals surface area contributed by atoms with Gasteiger partial charge in [0.15, 0.2) is 5.72 Å². The molecule has 1 aliphatic heterocycles. The van der Waals surface area contributed by atoms with E-state index in [0.717, 1.165) is 0 Å². The van der Waals surface area contributed by atoms with Gasteiger partial charge in [0, 0.05) is 22.2 Å². The van der Waals surface area contributed by atoms with Crippen LogP contribution in [0, 0.1) is 0 Å². The number of hydrogen-bond donors (Lipinski definition) is 2. The molecule has 0 bridgehead atoms. The van der Waals surface area contributed by atoms with Gasteiger partial charge in [-0.3, -0.25) is 10.2 Å². The zero-order chi connectivity index (χ0) is 15.1. The molecule has 1 aromatic carbocycles.